The van der Waals surface area contributed by atoms with Crippen molar-refractivity contribution in [1.29, 1.82) is 0 Å². The fourth-order valence-electron chi connectivity index (χ4n) is 3.84. The lowest BCUT2D eigenvalue weighted by Crippen LogP contribution is -1.93. The molecule has 176 valence electrons. The molecule has 3 heteroatoms. The van der Waals surface area contributed by atoms with Gasteiger partial charge < -0.3 is 4.74 Å². The van der Waals surface area contributed by atoms with Gasteiger partial charge in [0.2, 0.25) is 0 Å². The number of ether oxygens (including phenoxy) is 1. The van der Waals surface area contributed by atoms with Crippen molar-refractivity contribution < 1.29 is 4.74 Å². The van der Waals surface area contributed by atoms with Crippen LogP contribution in [-0.4, -0.2) is 9.97 Å². The second-order valence-electron chi connectivity index (χ2n) is 8.86. The van der Waals surface area contributed by atoms with Crippen molar-refractivity contribution in [2.45, 2.75) is 110 Å². The lowest BCUT2D eigenvalue weighted by molar-refractivity contribution is 0.477. The van der Waals surface area contributed by atoms with E-state index in [4.69, 9.17) is 4.74 Å². The Bertz CT molecular complexity index is 722. The number of aryl methyl sites for hydroxylation is 1. The Morgan fingerprint density at radius 1 is 0.688 bits per heavy atom. The lowest BCUT2D eigenvalue weighted by atomic mass is 10.1. The molecule has 1 aromatic heterocycles. The second-order valence-corrected chi connectivity index (χ2v) is 8.86. The highest BCUT2D eigenvalue weighted by Crippen LogP contribution is 2.20. The maximum atomic E-state index is 5.73. The summed E-state index contributed by atoms with van der Waals surface area (Å²) in [6.07, 6.45) is 27.4. The van der Waals surface area contributed by atoms with Gasteiger partial charge >= 0.3 is 0 Å². The van der Waals surface area contributed by atoms with Gasteiger partial charge in [-0.05, 0) is 61.6 Å². The molecule has 0 aliphatic rings. The summed E-state index contributed by atoms with van der Waals surface area (Å²) in [6.45, 7) is 4.52. The van der Waals surface area contributed by atoms with E-state index in [9.17, 15) is 0 Å². The Hall–Kier alpha value is -2.16. The third-order valence-electron chi connectivity index (χ3n) is 5.91. The highest BCUT2D eigenvalue weighted by molar-refractivity contribution is 5.55. The van der Waals surface area contributed by atoms with Crippen LogP contribution in [0.5, 0.6) is 5.75 Å². The fraction of sp³-hybridized carbons (Fsp3) is 0.586. The zero-order valence-corrected chi connectivity index (χ0v) is 20.5. The highest BCUT2D eigenvalue weighted by Gasteiger charge is 2.03. The van der Waals surface area contributed by atoms with Crippen LogP contribution >= 0.6 is 0 Å². The summed E-state index contributed by atoms with van der Waals surface area (Å²) in [5, 5.41) is 0. The first kappa shape index (κ1) is 26.1. The molecule has 2 aromatic rings. The number of benzene rings is 1. The molecule has 0 amide bonds. The van der Waals surface area contributed by atoms with Crippen molar-refractivity contribution in [3.63, 3.8) is 0 Å². The molecule has 0 saturated heterocycles. The summed E-state index contributed by atoms with van der Waals surface area (Å²) in [4.78, 5) is 9.14. The molecule has 2 rings (SSSR count). The molecule has 0 unspecified atom stereocenters. The zero-order chi connectivity index (χ0) is 22.7. The third-order valence-corrected chi connectivity index (χ3v) is 5.91. The quantitative estimate of drug-likeness (QED) is 0.173. The minimum atomic E-state index is 0.776. The number of hydrogen-bond acceptors (Lipinski definition) is 3. The van der Waals surface area contributed by atoms with Crippen molar-refractivity contribution in [3.05, 3.63) is 54.6 Å². The van der Waals surface area contributed by atoms with Gasteiger partial charge in [-0.25, -0.2) is 9.97 Å². The summed E-state index contributed by atoms with van der Waals surface area (Å²) < 4.78 is 5.73. The van der Waals surface area contributed by atoms with Crippen molar-refractivity contribution in [1.82, 2.24) is 9.97 Å². The molecule has 0 saturated carbocycles. The minimum absolute atomic E-state index is 0.776. The first-order valence-corrected chi connectivity index (χ1v) is 13.1. The maximum Gasteiger partial charge on any atom is 0.159 e. The lowest BCUT2D eigenvalue weighted by Gasteiger charge is -2.05. The van der Waals surface area contributed by atoms with Gasteiger partial charge in [0.25, 0.3) is 0 Å². The molecular formula is C29H44N2O. The highest BCUT2D eigenvalue weighted by atomic mass is 16.5. The topological polar surface area (TPSA) is 35.0 Å². The molecule has 1 heterocycles. The Labute approximate surface area is 196 Å². The van der Waals surface area contributed by atoms with E-state index in [0.717, 1.165) is 30.0 Å². The maximum absolute atomic E-state index is 5.73. The molecule has 0 fully saturated rings. The Morgan fingerprint density at radius 3 is 1.88 bits per heavy atom. The van der Waals surface area contributed by atoms with Crippen LogP contribution in [0.4, 0.5) is 0 Å². The number of rotatable bonds is 18. The molecule has 0 spiro atoms. The van der Waals surface area contributed by atoms with Crippen LogP contribution in [0.25, 0.3) is 11.4 Å². The predicted molar refractivity (Wildman–Crippen MR) is 137 cm³/mol. The van der Waals surface area contributed by atoms with Crippen LogP contribution < -0.4 is 4.74 Å². The Kier molecular flexibility index (Phi) is 14.2. The van der Waals surface area contributed by atoms with Gasteiger partial charge in [-0.1, -0.05) is 84.5 Å². The summed E-state index contributed by atoms with van der Waals surface area (Å²) in [5.74, 6) is 1.63. The summed E-state index contributed by atoms with van der Waals surface area (Å²) in [5.41, 5.74) is 2.26. The Balaban J connectivity index is 1.64. The number of nitrogens with zero attached hydrogens (tertiary/aromatic N) is 2. The van der Waals surface area contributed by atoms with Gasteiger partial charge in [-0.3, -0.25) is 0 Å². The molecule has 0 aliphatic carbocycles. The van der Waals surface area contributed by atoms with Gasteiger partial charge in [0.05, 0.1) is 6.26 Å². The van der Waals surface area contributed by atoms with Crippen molar-refractivity contribution in [2.24, 2.45) is 0 Å². The largest absolute Gasteiger partial charge is 0.465 e. The molecule has 3 nitrogen and oxygen atoms in total. The van der Waals surface area contributed by atoms with E-state index < -0.39 is 0 Å². The molecule has 0 radical (unpaired) electrons. The van der Waals surface area contributed by atoms with E-state index in [1.165, 1.54) is 89.0 Å². The van der Waals surface area contributed by atoms with Crippen LogP contribution in [0.2, 0.25) is 0 Å². The number of hydrogen-bond donors (Lipinski definition) is 0. The molecule has 32 heavy (non-hydrogen) atoms. The van der Waals surface area contributed by atoms with Crippen LogP contribution in [0.3, 0.4) is 0 Å². The SMILES string of the molecule is CCCCCCCCCC=COc1ccc(-c2ncc(CCCCCCCC)cn2)cc1. The van der Waals surface area contributed by atoms with Crippen LogP contribution in [-0.2, 0) is 6.42 Å². The Morgan fingerprint density at radius 2 is 1.25 bits per heavy atom. The average molecular weight is 437 g/mol. The summed E-state index contributed by atoms with van der Waals surface area (Å²) >= 11 is 0. The molecule has 0 N–H and O–H groups in total. The molecule has 0 atom stereocenters. The van der Waals surface area contributed by atoms with E-state index in [1.807, 2.05) is 42.9 Å². The fourth-order valence-corrected chi connectivity index (χ4v) is 3.84. The monoisotopic (exact) mass is 436 g/mol. The van der Waals surface area contributed by atoms with Crippen LogP contribution in [0, 0.1) is 0 Å². The van der Waals surface area contributed by atoms with Crippen molar-refractivity contribution >= 4 is 0 Å². The molecule has 0 bridgehead atoms. The van der Waals surface area contributed by atoms with Crippen molar-refractivity contribution in [3.8, 4) is 17.1 Å². The standard InChI is InChI=1S/C29H44N2O/c1-3-5-7-9-11-12-13-15-17-23-32-28-21-19-27(20-22-28)29-30-24-26(25-31-29)18-16-14-10-8-6-4-2/h17,19-25H,3-16,18H2,1-2H3. The van der Waals surface area contributed by atoms with Gasteiger partial charge in [0.1, 0.15) is 5.75 Å². The number of unbranched alkanes of at least 4 members (excludes halogenated alkanes) is 12. The van der Waals surface area contributed by atoms with E-state index in [-0.39, 0.29) is 0 Å². The predicted octanol–water partition coefficient (Wildman–Crippen LogP) is 9.08. The second kappa shape index (κ2) is 17.4. The van der Waals surface area contributed by atoms with Crippen LogP contribution in [0.15, 0.2) is 49.0 Å². The molecule has 0 aliphatic heterocycles. The van der Waals surface area contributed by atoms with E-state index in [2.05, 4.69) is 29.9 Å². The summed E-state index contributed by atoms with van der Waals surface area (Å²) in [6, 6.07) is 8.03. The van der Waals surface area contributed by atoms with Gasteiger partial charge in [0, 0.05) is 18.0 Å². The first-order valence-electron chi connectivity index (χ1n) is 13.1. The van der Waals surface area contributed by atoms with E-state index in [0.29, 0.717) is 0 Å². The normalized spacial score (nSPS) is 11.3. The zero-order valence-electron chi connectivity index (χ0n) is 20.5. The van der Waals surface area contributed by atoms with Gasteiger partial charge in [-0.2, -0.15) is 0 Å². The first-order chi connectivity index (χ1) is 15.8. The smallest absolute Gasteiger partial charge is 0.159 e. The molecule has 1 aromatic carbocycles. The number of aromatic nitrogens is 2. The van der Waals surface area contributed by atoms with E-state index >= 15 is 0 Å². The number of allylic oxidation sites excluding steroid dienone is 1. The van der Waals surface area contributed by atoms with Crippen molar-refractivity contribution in [2.75, 3.05) is 0 Å². The average Bonchev–Trinajstić information content (AvgIpc) is 2.83. The third kappa shape index (κ3) is 11.5. The summed E-state index contributed by atoms with van der Waals surface area (Å²) in [7, 11) is 0. The minimum Gasteiger partial charge on any atom is -0.465 e. The van der Waals surface area contributed by atoms with Gasteiger partial charge in [-0.15, -0.1) is 0 Å². The van der Waals surface area contributed by atoms with E-state index in [1.54, 1.807) is 0 Å². The van der Waals surface area contributed by atoms with Gasteiger partial charge in [0.15, 0.2) is 5.82 Å². The molecular weight excluding hydrogens is 392 g/mol. The van der Waals surface area contributed by atoms with Crippen LogP contribution in [0.1, 0.15) is 109 Å².